The minimum Gasteiger partial charge on any atom is -0.390 e. The second-order valence-electron chi connectivity index (χ2n) is 5.57. The van der Waals surface area contributed by atoms with Gasteiger partial charge in [0.15, 0.2) is 0 Å². The summed E-state index contributed by atoms with van der Waals surface area (Å²) in [5, 5.41) is 17.5. The van der Waals surface area contributed by atoms with Crippen LogP contribution in [0.4, 0.5) is 0 Å². The normalized spacial score (nSPS) is 20.1. The van der Waals surface area contributed by atoms with Gasteiger partial charge in [-0.05, 0) is 30.7 Å². The third-order valence-electron chi connectivity index (χ3n) is 4.25. The molecule has 4 heteroatoms. The Morgan fingerprint density at radius 2 is 2.22 bits per heavy atom. The highest BCUT2D eigenvalue weighted by Crippen LogP contribution is 2.40. The van der Waals surface area contributed by atoms with Crippen LogP contribution in [0.3, 0.4) is 0 Å². The van der Waals surface area contributed by atoms with E-state index in [0.29, 0.717) is 18.5 Å². The topological polar surface area (TPSA) is 50.1 Å². The molecule has 0 bridgehead atoms. The first kappa shape index (κ1) is 13.6. The van der Waals surface area contributed by atoms with Crippen molar-refractivity contribution in [2.75, 3.05) is 13.1 Å². The number of aromatic nitrogens is 2. The van der Waals surface area contributed by atoms with Crippen LogP contribution in [0, 0.1) is 5.41 Å². The first-order valence-electron chi connectivity index (χ1n) is 7.10. The average Bonchev–Trinajstić information content (AvgIpc) is 3.01. The van der Waals surface area contributed by atoms with Crippen molar-refractivity contribution in [1.29, 1.82) is 0 Å². The van der Waals surface area contributed by atoms with E-state index in [-0.39, 0.29) is 6.10 Å². The predicted octanol–water partition coefficient (Wildman–Crippen LogP) is 1.80. The summed E-state index contributed by atoms with van der Waals surface area (Å²) in [6.07, 6.45) is 9.92. The van der Waals surface area contributed by atoms with Crippen LogP contribution < -0.4 is 5.32 Å². The van der Waals surface area contributed by atoms with E-state index in [9.17, 15) is 5.11 Å². The zero-order valence-corrected chi connectivity index (χ0v) is 11.3. The van der Waals surface area contributed by atoms with E-state index in [1.807, 2.05) is 12.3 Å². The van der Waals surface area contributed by atoms with Gasteiger partial charge in [-0.1, -0.05) is 19.8 Å². The number of hydrogen-bond acceptors (Lipinski definition) is 3. The Labute approximate surface area is 109 Å². The molecule has 1 aromatic rings. The first-order chi connectivity index (χ1) is 8.74. The standard InChI is InChI=1S/C14H25N3O/c1-2-14(6-3-4-7-14)12-15-10-13(18)11-17-9-5-8-16-17/h5,8-9,13,15,18H,2-4,6-7,10-12H2,1H3. The molecule has 1 heterocycles. The van der Waals surface area contributed by atoms with Crippen molar-refractivity contribution in [3.05, 3.63) is 18.5 Å². The summed E-state index contributed by atoms with van der Waals surface area (Å²) in [6, 6.07) is 1.88. The number of rotatable bonds is 7. The molecular weight excluding hydrogens is 226 g/mol. The fraction of sp³-hybridized carbons (Fsp3) is 0.786. The number of hydrogen-bond donors (Lipinski definition) is 2. The van der Waals surface area contributed by atoms with E-state index in [4.69, 9.17) is 0 Å². The summed E-state index contributed by atoms with van der Waals surface area (Å²) in [6.45, 7) is 4.55. The van der Waals surface area contributed by atoms with Crippen LogP contribution in [0.25, 0.3) is 0 Å². The summed E-state index contributed by atoms with van der Waals surface area (Å²) >= 11 is 0. The maximum absolute atomic E-state index is 9.93. The van der Waals surface area contributed by atoms with Crippen LogP contribution in [-0.4, -0.2) is 34.1 Å². The molecule has 1 fully saturated rings. The van der Waals surface area contributed by atoms with E-state index in [2.05, 4.69) is 17.3 Å². The summed E-state index contributed by atoms with van der Waals surface area (Å²) < 4.78 is 1.78. The number of aliphatic hydroxyl groups is 1. The van der Waals surface area contributed by atoms with Gasteiger partial charge in [-0.3, -0.25) is 4.68 Å². The molecule has 0 aromatic carbocycles. The molecule has 1 aliphatic rings. The van der Waals surface area contributed by atoms with Crippen molar-refractivity contribution < 1.29 is 5.11 Å². The Kier molecular flexibility index (Phi) is 4.78. The quantitative estimate of drug-likeness (QED) is 0.777. The fourth-order valence-corrected chi connectivity index (χ4v) is 2.97. The third-order valence-corrected chi connectivity index (χ3v) is 4.25. The van der Waals surface area contributed by atoms with E-state index in [1.54, 1.807) is 10.9 Å². The van der Waals surface area contributed by atoms with Gasteiger partial charge in [0.1, 0.15) is 0 Å². The van der Waals surface area contributed by atoms with Crippen molar-refractivity contribution in [2.45, 2.75) is 51.7 Å². The van der Waals surface area contributed by atoms with Crippen LogP contribution >= 0.6 is 0 Å². The molecule has 0 radical (unpaired) electrons. The molecule has 0 spiro atoms. The summed E-state index contributed by atoms with van der Waals surface area (Å²) in [5.74, 6) is 0. The number of aliphatic hydroxyl groups excluding tert-OH is 1. The van der Waals surface area contributed by atoms with Crippen LogP contribution in [0.15, 0.2) is 18.5 Å². The lowest BCUT2D eigenvalue weighted by atomic mass is 9.83. The van der Waals surface area contributed by atoms with Crippen LogP contribution in [0.5, 0.6) is 0 Å². The lowest BCUT2D eigenvalue weighted by molar-refractivity contribution is 0.139. The van der Waals surface area contributed by atoms with Crippen LogP contribution in [0.2, 0.25) is 0 Å². The van der Waals surface area contributed by atoms with Crippen LogP contribution in [0.1, 0.15) is 39.0 Å². The minimum absolute atomic E-state index is 0.361. The molecule has 1 saturated carbocycles. The minimum atomic E-state index is -0.361. The third kappa shape index (κ3) is 3.56. The summed E-state index contributed by atoms with van der Waals surface area (Å²) in [4.78, 5) is 0. The average molecular weight is 251 g/mol. The van der Waals surface area contributed by atoms with Crippen molar-refractivity contribution in [3.8, 4) is 0 Å². The van der Waals surface area contributed by atoms with E-state index in [0.717, 1.165) is 6.54 Å². The molecule has 18 heavy (non-hydrogen) atoms. The van der Waals surface area contributed by atoms with Crippen LogP contribution in [-0.2, 0) is 6.54 Å². The number of nitrogens with one attached hydrogen (secondary N) is 1. The Morgan fingerprint density at radius 3 is 2.83 bits per heavy atom. The predicted molar refractivity (Wildman–Crippen MR) is 72.3 cm³/mol. The Bertz CT molecular complexity index is 331. The van der Waals surface area contributed by atoms with E-state index in [1.165, 1.54) is 32.1 Å². The zero-order valence-electron chi connectivity index (χ0n) is 11.3. The smallest absolute Gasteiger partial charge is 0.0860 e. The van der Waals surface area contributed by atoms with E-state index < -0.39 is 0 Å². The monoisotopic (exact) mass is 251 g/mol. The Balaban J connectivity index is 1.68. The van der Waals surface area contributed by atoms with Crippen molar-refractivity contribution >= 4 is 0 Å². The second-order valence-corrected chi connectivity index (χ2v) is 5.57. The maximum atomic E-state index is 9.93. The largest absolute Gasteiger partial charge is 0.390 e. The molecule has 2 rings (SSSR count). The van der Waals surface area contributed by atoms with Crippen molar-refractivity contribution in [2.24, 2.45) is 5.41 Å². The highest BCUT2D eigenvalue weighted by molar-refractivity contribution is 4.86. The van der Waals surface area contributed by atoms with Gasteiger partial charge in [-0.2, -0.15) is 5.10 Å². The van der Waals surface area contributed by atoms with Gasteiger partial charge >= 0.3 is 0 Å². The highest BCUT2D eigenvalue weighted by atomic mass is 16.3. The first-order valence-corrected chi connectivity index (χ1v) is 7.10. The van der Waals surface area contributed by atoms with E-state index >= 15 is 0 Å². The molecular formula is C14H25N3O. The molecule has 102 valence electrons. The molecule has 4 nitrogen and oxygen atoms in total. The van der Waals surface area contributed by atoms with Gasteiger partial charge in [0.2, 0.25) is 0 Å². The lowest BCUT2D eigenvalue weighted by Crippen LogP contribution is -2.37. The van der Waals surface area contributed by atoms with Gasteiger partial charge in [0.05, 0.1) is 12.6 Å². The molecule has 1 unspecified atom stereocenters. The van der Waals surface area contributed by atoms with Gasteiger partial charge in [0.25, 0.3) is 0 Å². The molecule has 0 amide bonds. The van der Waals surface area contributed by atoms with Crippen molar-refractivity contribution in [3.63, 3.8) is 0 Å². The Morgan fingerprint density at radius 1 is 1.44 bits per heavy atom. The van der Waals surface area contributed by atoms with Crippen molar-refractivity contribution in [1.82, 2.24) is 15.1 Å². The summed E-state index contributed by atoms with van der Waals surface area (Å²) in [5.41, 5.74) is 0.491. The molecule has 0 aliphatic heterocycles. The summed E-state index contributed by atoms with van der Waals surface area (Å²) in [7, 11) is 0. The van der Waals surface area contributed by atoms with Gasteiger partial charge in [-0.25, -0.2) is 0 Å². The molecule has 2 N–H and O–H groups in total. The maximum Gasteiger partial charge on any atom is 0.0860 e. The molecule has 1 aromatic heterocycles. The molecule has 1 aliphatic carbocycles. The fourth-order valence-electron chi connectivity index (χ4n) is 2.97. The Hall–Kier alpha value is -0.870. The lowest BCUT2D eigenvalue weighted by Gasteiger charge is -2.28. The molecule has 1 atom stereocenters. The SMILES string of the molecule is CCC1(CNCC(O)Cn2cccn2)CCCC1. The number of nitrogens with zero attached hydrogens (tertiary/aromatic N) is 2. The van der Waals surface area contributed by atoms with Gasteiger partial charge < -0.3 is 10.4 Å². The highest BCUT2D eigenvalue weighted by Gasteiger charge is 2.31. The molecule has 0 saturated heterocycles. The second kappa shape index (κ2) is 6.34. The zero-order chi connectivity index (χ0) is 12.8. The van der Waals surface area contributed by atoms with Gasteiger partial charge in [0, 0.05) is 25.5 Å². The van der Waals surface area contributed by atoms with Gasteiger partial charge in [-0.15, -0.1) is 0 Å².